The largest absolute Gasteiger partial charge is 0.388 e. The second kappa shape index (κ2) is 11.8. The topological polar surface area (TPSA) is 79.2 Å². The average molecular weight is 559 g/mol. The van der Waals surface area contributed by atoms with E-state index in [4.69, 9.17) is 9.47 Å². The van der Waals surface area contributed by atoms with Crippen molar-refractivity contribution in [2.24, 2.45) is 46.3 Å². The molecule has 5 nitrogen and oxygen atoms in total. The summed E-state index contributed by atoms with van der Waals surface area (Å²) >= 11 is 0. The molecule has 5 heteroatoms. The number of allylic oxidation sites excluding steroid dienone is 3. The van der Waals surface area contributed by atoms with Gasteiger partial charge in [-0.25, -0.2) is 0 Å². The van der Waals surface area contributed by atoms with Crippen molar-refractivity contribution < 1.29 is 24.8 Å². The Morgan fingerprint density at radius 2 is 1.77 bits per heavy atom. The highest BCUT2D eigenvalue weighted by Crippen LogP contribution is 2.67. The van der Waals surface area contributed by atoms with Crippen molar-refractivity contribution in [1.29, 1.82) is 0 Å². The zero-order chi connectivity index (χ0) is 29.0. The average Bonchev–Trinajstić information content (AvgIpc) is 3.28. The summed E-state index contributed by atoms with van der Waals surface area (Å²) in [5.41, 5.74) is 3.89. The third kappa shape index (κ3) is 5.29. The second-order valence-corrected chi connectivity index (χ2v) is 15.2. The maximum Gasteiger partial charge on any atom is 0.186 e. The number of aliphatic hydroxyl groups excluding tert-OH is 3. The number of ether oxygens (including phenoxy) is 2. The number of aliphatic hydroxyl groups is 3. The van der Waals surface area contributed by atoms with Gasteiger partial charge in [0, 0.05) is 0 Å². The first kappa shape index (κ1) is 30.7. The lowest BCUT2D eigenvalue weighted by Gasteiger charge is -2.58. The fourth-order valence-electron chi connectivity index (χ4n) is 10.4. The Morgan fingerprint density at radius 3 is 2.48 bits per heavy atom. The summed E-state index contributed by atoms with van der Waals surface area (Å²) in [4.78, 5) is 0. The normalized spacial score (nSPS) is 48.3. The van der Waals surface area contributed by atoms with Crippen molar-refractivity contribution in [2.75, 3.05) is 0 Å². The van der Waals surface area contributed by atoms with Gasteiger partial charge in [-0.05, 0) is 124 Å². The molecule has 4 aliphatic carbocycles. The molecule has 3 N–H and O–H groups in total. The van der Waals surface area contributed by atoms with Crippen LogP contribution in [0.15, 0.2) is 23.3 Å². The lowest BCUT2D eigenvalue weighted by Crippen LogP contribution is -2.58. The van der Waals surface area contributed by atoms with E-state index in [-0.39, 0.29) is 11.5 Å². The third-order valence-corrected chi connectivity index (χ3v) is 13.0. The Bertz CT molecular complexity index is 957. The van der Waals surface area contributed by atoms with Crippen molar-refractivity contribution in [3.63, 3.8) is 0 Å². The van der Waals surface area contributed by atoms with Crippen LogP contribution in [0.5, 0.6) is 0 Å². The number of hydrogen-bond acceptors (Lipinski definition) is 5. The third-order valence-electron chi connectivity index (χ3n) is 13.0. The maximum atomic E-state index is 10.5. The molecule has 4 fully saturated rings. The molecule has 0 aromatic heterocycles. The van der Waals surface area contributed by atoms with Gasteiger partial charge in [-0.3, -0.25) is 0 Å². The molecule has 13 atom stereocenters. The molecule has 228 valence electrons. The summed E-state index contributed by atoms with van der Waals surface area (Å²) in [6.07, 6.45) is 12.1. The minimum absolute atomic E-state index is 0.0244. The van der Waals surface area contributed by atoms with E-state index in [1.807, 2.05) is 0 Å². The standard InChI is InChI=1S/C35H58O5/c1-8-23(20(2)3)10-9-21(4)27-13-14-28-26-12-11-24-19-25(40-33-32(38)31(37)30(36)22(5)39-33)15-17-34(24,6)29(26)16-18-35(27,28)7/h8,11,20-22,25-33,36-38H,9-10,12-19H2,1-7H3/b23-8-/t21-,22+,25+,26+,27-,28+,29+,30+,31-,32-,33+,34+,35-/m1/s1. The highest BCUT2D eigenvalue weighted by atomic mass is 16.7. The van der Waals surface area contributed by atoms with Crippen LogP contribution in [0.25, 0.3) is 0 Å². The van der Waals surface area contributed by atoms with Crippen molar-refractivity contribution in [3.05, 3.63) is 23.3 Å². The summed E-state index contributed by atoms with van der Waals surface area (Å²) in [5.74, 6) is 4.69. The van der Waals surface area contributed by atoms with Gasteiger partial charge >= 0.3 is 0 Å². The zero-order valence-corrected chi connectivity index (χ0v) is 26.3. The first-order valence-corrected chi connectivity index (χ1v) is 16.6. The van der Waals surface area contributed by atoms with E-state index in [0.717, 1.165) is 48.9 Å². The van der Waals surface area contributed by atoms with Crippen LogP contribution in [0.3, 0.4) is 0 Å². The summed E-state index contributed by atoms with van der Waals surface area (Å²) < 4.78 is 12.0. The van der Waals surface area contributed by atoms with Gasteiger partial charge in [0.25, 0.3) is 0 Å². The number of rotatable bonds is 7. The Kier molecular flexibility index (Phi) is 9.03. The molecule has 0 bridgehead atoms. The predicted molar refractivity (Wildman–Crippen MR) is 159 cm³/mol. The quantitative estimate of drug-likeness (QED) is 0.300. The molecule has 5 rings (SSSR count). The van der Waals surface area contributed by atoms with Gasteiger partial charge in [0.1, 0.15) is 18.3 Å². The van der Waals surface area contributed by atoms with Crippen LogP contribution in [0.2, 0.25) is 0 Å². The van der Waals surface area contributed by atoms with E-state index in [2.05, 4.69) is 53.7 Å². The van der Waals surface area contributed by atoms with Gasteiger partial charge in [0.15, 0.2) is 6.29 Å². The second-order valence-electron chi connectivity index (χ2n) is 15.2. The number of fused-ring (bicyclic) bond motifs is 5. The summed E-state index contributed by atoms with van der Waals surface area (Å²) in [5, 5.41) is 30.8. The van der Waals surface area contributed by atoms with Gasteiger partial charge in [0.05, 0.1) is 12.2 Å². The Labute approximate surface area is 243 Å². The Morgan fingerprint density at radius 1 is 1.02 bits per heavy atom. The van der Waals surface area contributed by atoms with Gasteiger partial charge in [-0.1, -0.05) is 57.9 Å². The molecule has 1 aliphatic heterocycles. The minimum atomic E-state index is -1.24. The predicted octanol–water partition coefficient (Wildman–Crippen LogP) is 6.80. The van der Waals surface area contributed by atoms with E-state index in [1.165, 1.54) is 44.9 Å². The Balaban J connectivity index is 1.24. The van der Waals surface area contributed by atoms with Crippen LogP contribution < -0.4 is 0 Å². The molecule has 5 aliphatic rings. The molecule has 0 amide bonds. The Hall–Kier alpha value is -0.720. The van der Waals surface area contributed by atoms with Crippen molar-refractivity contribution in [1.82, 2.24) is 0 Å². The molecule has 0 aromatic rings. The highest BCUT2D eigenvalue weighted by molar-refractivity contribution is 5.25. The van der Waals surface area contributed by atoms with E-state index in [1.54, 1.807) is 18.1 Å². The van der Waals surface area contributed by atoms with Crippen LogP contribution in [-0.4, -0.2) is 52.1 Å². The van der Waals surface area contributed by atoms with Crippen molar-refractivity contribution in [2.45, 2.75) is 149 Å². The zero-order valence-electron chi connectivity index (χ0n) is 26.3. The molecule has 40 heavy (non-hydrogen) atoms. The van der Waals surface area contributed by atoms with Crippen LogP contribution in [0.1, 0.15) is 113 Å². The molecule has 3 saturated carbocycles. The van der Waals surface area contributed by atoms with E-state index >= 15 is 0 Å². The van der Waals surface area contributed by atoms with E-state index in [9.17, 15) is 15.3 Å². The maximum absolute atomic E-state index is 10.5. The first-order chi connectivity index (χ1) is 18.9. The van der Waals surface area contributed by atoms with Gasteiger partial charge in [-0.15, -0.1) is 0 Å². The highest BCUT2D eigenvalue weighted by Gasteiger charge is 2.59. The molecule has 0 unspecified atom stereocenters. The van der Waals surface area contributed by atoms with Gasteiger partial charge < -0.3 is 24.8 Å². The minimum Gasteiger partial charge on any atom is -0.388 e. The molecule has 1 saturated heterocycles. The van der Waals surface area contributed by atoms with Gasteiger partial charge in [0.2, 0.25) is 0 Å². The van der Waals surface area contributed by atoms with Gasteiger partial charge in [-0.2, -0.15) is 0 Å². The van der Waals surface area contributed by atoms with E-state index < -0.39 is 30.7 Å². The SMILES string of the molecule is C/C=C(/CC[C@@H](C)[C@H]1CC[C@H]2[C@@H]3CC=C4C[C@@H](O[C@@H]5O[C@@H](C)[C@H](O)[C@@H](O)[C@H]5O)CC[C@]4(C)[C@H]3CC[C@]12C)C(C)C. The molecular weight excluding hydrogens is 500 g/mol. The lowest BCUT2D eigenvalue weighted by atomic mass is 9.47. The monoisotopic (exact) mass is 558 g/mol. The van der Waals surface area contributed by atoms with Crippen LogP contribution >= 0.6 is 0 Å². The van der Waals surface area contributed by atoms with E-state index in [0.29, 0.717) is 11.3 Å². The molecule has 0 radical (unpaired) electrons. The van der Waals surface area contributed by atoms with Crippen LogP contribution in [0.4, 0.5) is 0 Å². The number of hydrogen-bond donors (Lipinski definition) is 3. The summed E-state index contributed by atoms with van der Waals surface area (Å²) in [7, 11) is 0. The first-order valence-electron chi connectivity index (χ1n) is 16.6. The molecule has 0 aromatic carbocycles. The molecule has 0 spiro atoms. The fourth-order valence-corrected chi connectivity index (χ4v) is 10.4. The summed E-state index contributed by atoms with van der Waals surface area (Å²) in [6, 6.07) is 0. The molecule has 1 heterocycles. The van der Waals surface area contributed by atoms with Crippen molar-refractivity contribution >= 4 is 0 Å². The van der Waals surface area contributed by atoms with Crippen LogP contribution in [-0.2, 0) is 9.47 Å². The fraction of sp³-hybridized carbons (Fsp3) is 0.886. The molecular formula is C35H58O5. The van der Waals surface area contributed by atoms with Crippen molar-refractivity contribution in [3.8, 4) is 0 Å². The smallest absolute Gasteiger partial charge is 0.186 e. The van der Waals surface area contributed by atoms with Crippen LogP contribution in [0, 0.1) is 46.3 Å². The summed E-state index contributed by atoms with van der Waals surface area (Å²) in [6.45, 7) is 16.3. The lowest BCUT2D eigenvalue weighted by molar-refractivity contribution is -0.305.